The minimum atomic E-state index is -0.201. The first-order valence-corrected chi connectivity index (χ1v) is 10.9. The average Bonchev–Trinajstić information content (AvgIpc) is 3.30. The summed E-state index contributed by atoms with van der Waals surface area (Å²) in [7, 11) is 3.25. The highest BCUT2D eigenvalue weighted by Crippen LogP contribution is 2.40. The molecule has 0 radical (unpaired) electrons. The topological polar surface area (TPSA) is 103 Å². The van der Waals surface area contributed by atoms with Crippen molar-refractivity contribution >= 4 is 23.5 Å². The van der Waals surface area contributed by atoms with E-state index in [4.69, 9.17) is 19.9 Å². The number of hydrogen-bond donors (Lipinski definition) is 1. The maximum absolute atomic E-state index is 12.5. The molecule has 0 aliphatic carbocycles. The van der Waals surface area contributed by atoms with Gasteiger partial charge in [0.05, 0.1) is 43.5 Å². The van der Waals surface area contributed by atoms with Crippen molar-refractivity contribution in [3.63, 3.8) is 0 Å². The van der Waals surface area contributed by atoms with E-state index >= 15 is 0 Å². The molecule has 2 aromatic rings. The summed E-state index contributed by atoms with van der Waals surface area (Å²) >= 11 is 0. The molecule has 2 aliphatic heterocycles. The van der Waals surface area contributed by atoms with Gasteiger partial charge < -0.3 is 29.7 Å². The van der Waals surface area contributed by atoms with Gasteiger partial charge in [-0.2, -0.15) is 0 Å². The van der Waals surface area contributed by atoms with Crippen LogP contribution in [-0.4, -0.2) is 68.5 Å². The number of nitrogens with zero attached hydrogens (tertiary/aromatic N) is 4. The number of nitrogens with two attached hydrogens (primary N) is 1. The molecule has 1 amide bonds. The number of carbonyl (C=O) groups is 1. The van der Waals surface area contributed by atoms with Gasteiger partial charge in [0, 0.05) is 37.9 Å². The third-order valence-electron chi connectivity index (χ3n) is 5.70. The first-order valence-electron chi connectivity index (χ1n) is 10.9. The molecule has 1 unspecified atom stereocenters. The monoisotopic (exact) mass is 451 g/mol. The molecule has 9 heteroatoms. The zero-order valence-electron chi connectivity index (χ0n) is 19.2. The van der Waals surface area contributed by atoms with E-state index in [9.17, 15) is 4.79 Å². The smallest absolute Gasteiger partial charge is 0.269 e. The molecule has 9 nitrogen and oxygen atoms in total. The van der Waals surface area contributed by atoms with Crippen LogP contribution in [0.2, 0.25) is 0 Å². The summed E-state index contributed by atoms with van der Waals surface area (Å²) in [5.41, 5.74) is 8.88. The lowest BCUT2D eigenvalue weighted by atomic mass is 10.2. The normalized spacial score (nSPS) is 18.3. The fourth-order valence-electron chi connectivity index (χ4n) is 4.06. The second-order valence-corrected chi connectivity index (χ2v) is 7.96. The number of pyridine rings is 1. The maximum atomic E-state index is 12.5. The van der Waals surface area contributed by atoms with E-state index in [1.54, 1.807) is 25.3 Å². The van der Waals surface area contributed by atoms with E-state index in [-0.39, 0.29) is 17.7 Å². The zero-order valence-corrected chi connectivity index (χ0v) is 19.2. The fraction of sp³-hybridized carbons (Fsp3) is 0.375. The molecular formula is C24H29N5O4. The van der Waals surface area contributed by atoms with E-state index in [0.29, 0.717) is 32.1 Å². The van der Waals surface area contributed by atoms with Crippen molar-refractivity contribution in [2.45, 2.75) is 19.4 Å². The molecule has 1 aromatic carbocycles. The van der Waals surface area contributed by atoms with Crippen LogP contribution < -0.4 is 24.8 Å². The summed E-state index contributed by atoms with van der Waals surface area (Å²) in [5.74, 6) is 1.93. The number of aryl methyl sites for hydroxylation is 1. The Morgan fingerprint density at radius 1 is 1.33 bits per heavy atom. The van der Waals surface area contributed by atoms with Gasteiger partial charge in [0.25, 0.3) is 5.91 Å². The lowest BCUT2D eigenvalue weighted by Crippen LogP contribution is -2.34. The van der Waals surface area contributed by atoms with Crippen molar-refractivity contribution in [2.75, 3.05) is 45.3 Å². The van der Waals surface area contributed by atoms with Crippen molar-refractivity contribution in [3.8, 4) is 17.4 Å². The Labute approximate surface area is 193 Å². The lowest BCUT2D eigenvalue weighted by molar-refractivity contribution is -0.126. The van der Waals surface area contributed by atoms with E-state index in [1.807, 2.05) is 25.1 Å². The highest BCUT2D eigenvalue weighted by Gasteiger charge is 2.29. The highest BCUT2D eigenvalue weighted by atomic mass is 16.5. The third kappa shape index (κ3) is 4.87. The first-order chi connectivity index (χ1) is 16.0. The van der Waals surface area contributed by atoms with Crippen LogP contribution >= 0.6 is 0 Å². The quantitative estimate of drug-likeness (QED) is 0.532. The highest BCUT2D eigenvalue weighted by molar-refractivity contribution is 5.96. The Bertz CT molecular complexity index is 1080. The number of likely N-dealkylation sites (tertiary alicyclic amines) is 1. The molecular weight excluding hydrogens is 422 g/mol. The van der Waals surface area contributed by atoms with Crippen LogP contribution in [0.1, 0.15) is 12.0 Å². The standard InChI is InChI=1S/C24H29N5O4/c1-16-12-17(14-27-23(16)31-3)29-10-11-32-22-5-4-18(13-21(22)29)33-19-7-9-28(15-19)24(30)20(25)6-8-26-2/h4-6,8,12-14,19H,7,9-11,15,25H2,1-3H3. The van der Waals surface area contributed by atoms with E-state index in [1.165, 1.54) is 12.3 Å². The Balaban J connectivity index is 1.48. The number of amides is 1. The number of rotatable bonds is 6. The zero-order chi connectivity index (χ0) is 23.4. The number of fused-ring (bicyclic) bond motifs is 1. The van der Waals surface area contributed by atoms with Gasteiger partial charge in [0.2, 0.25) is 5.88 Å². The van der Waals surface area contributed by atoms with Crippen LogP contribution in [0.25, 0.3) is 0 Å². The van der Waals surface area contributed by atoms with Gasteiger partial charge in [-0.05, 0) is 31.2 Å². The van der Waals surface area contributed by atoms with E-state index in [0.717, 1.165) is 34.9 Å². The van der Waals surface area contributed by atoms with Gasteiger partial charge in [-0.3, -0.25) is 9.79 Å². The Morgan fingerprint density at radius 2 is 2.18 bits per heavy atom. The fourth-order valence-corrected chi connectivity index (χ4v) is 4.06. The summed E-state index contributed by atoms with van der Waals surface area (Å²) < 4.78 is 17.4. The Morgan fingerprint density at radius 3 is 2.94 bits per heavy atom. The van der Waals surface area contributed by atoms with Gasteiger partial charge in [0.15, 0.2) is 0 Å². The minimum Gasteiger partial charge on any atom is -0.490 e. The number of benzene rings is 1. The molecule has 1 aromatic heterocycles. The summed E-state index contributed by atoms with van der Waals surface area (Å²) in [6, 6.07) is 7.85. The van der Waals surface area contributed by atoms with E-state index < -0.39 is 0 Å². The van der Waals surface area contributed by atoms with Gasteiger partial charge in [-0.15, -0.1) is 0 Å². The van der Waals surface area contributed by atoms with Crippen LogP contribution in [0, 0.1) is 6.92 Å². The van der Waals surface area contributed by atoms with Crippen molar-refractivity contribution in [1.29, 1.82) is 0 Å². The molecule has 2 aliphatic rings. The second kappa shape index (κ2) is 9.81. The first kappa shape index (κ1) is 22.4. The Kier molecular flexibility index (Phi) is 6.67. The predicted octanol–water partition coefficient (Wildman–Crippen LogP) is 2.45. The van der Waals surface area contributed by atoms with Crippen molar-refractivity contribution in [2.24, 2.45) is 10.7 Å². The Hall–Kier alpha value is -3.75. The second-order valence-electron chi connectivity index (χ2n) is 7.96. The lowest BCUT2D eigenvalue weighted by Gasteiger charge is -2.32. The maximum Gasteiger partial charge on any atom is 0.269 e. The van der Waals surface area contributed by atoms with Crippen LogP contribution in [0.3, 0.4) is 0 Å². The number of anilines is 2. The third-order valence-corrected chi connectivity index (χ3v) is 5.70. The van der Waals surface area contributed by atoms with Crippen LogP contribution in [0.15, 0.2) is 47.2 Å². The number of ether oxygens (including phenoxy) is 3. The van der Waals surface area contributed by atoms with Crippen molar-refractivity contribution < 1.29 is 19.0 Å². The summed E-state index contributed by atoms with van der Waals surface area (Å²) in [5, 5.41) is 0. The number of aliphatic imine (C=N–C) groups is 1. The van der Waals surface area contributed by atoms with Crippen LogP contribution in [0.4, 0.5) is 11.4 Å². The van der Waals surface area contributed by atoms with E-state index in [2.05, 4.69) is 20.9 Å². The van der Waals surface area contributed by atoms with Gasteiger partial charge in [-0.1, -0.05) is 0 Å². The molecule has 0 bridgehead atoms. The molecule has 0 saturated carbocycles. The number of allylic oxidation sites excluding steroid dienone is 1. The SMILES string of the molecule is CN=CC=C(N)C(=O)N1CCC(Oc2ccc3c(c2)N(c2cnc(OC)c(C)c2)CCO3)C1. The average molecular weight is 452 g/mol. The molecule has 33 heavy (non-hydrogen) atoms. The number of aromatic nitrogens is 1. The van der Waals surface area contributed by atoms with Crippen molar-refractivity contribution in [3.05, 3.63) is 47.8 Å². The number of carbonyl (C=O) groups excluding carboxylic acids is 1. The molecule has 1 fully saturated rings. The molecule has 3 heterocycles. The van der Waals surface area contributed by atoms with Crippen LogP contribution in [-0.2, 0) is 4.79 Å². The molecule has 1 atom stereocenters. The molecule has 174 valence electrons. The predicted molar refractivity (Wildman–Crippen MR) is 127 cm³/mol. The molecule has 1 saturated heterocycles. The minimum absolute atomic E-state index is 0.109. The van der Waals surface area contributed by atoms with Gasteiger partial charge in [-0.25, -0.2) is 4.98 Å². The summed E-state index contributed by atoms with van der Waals surface area (Å²) in [6.07, 6.45) is 5.46. The van der Waals surface area contributed by atoms with Gasteiger partial charge in [0.1, 0.15) is 24.2 Å². The van der Waals surface area contributed by atoms with Crippen molar-refractivity contribution in [1.82, 2.24) is 9.88 Å². The molecule has 0 spiro atoms. The summed E-state index contributed by atoms with van der Waals surface area (Å²) in [6.45, 7) is 4.33. The van der Waals surface area contributed by atoms with Crippen LogP contribution in [0.5, 0.6) is 17.4 Å². The largest absolute Gasteiger partial charge is 0.490 e. The van der Waals surface area contributed by atoms with Gasteiger partial charge >= 0.3 is 0 Å². The summed E-state index contributed by atoms with van der Waals surface area (Å²) in [4.78, 5) is 24.6. The number of hydrogen-bond acceptors (Lipinski definition) is 8. The number of methoxy groups -OCH3 is 1. The molecule has 2 N–H and O–H groups in total. The molecule has 4 rings (SSSR count).